The lowest BCUT2D eigenvalue weighted by Gasteiger charge is -2.26. The normalized spacial score (nSPS) is 18.3. The molecule has 1 N–H and O–H groups in total. The number of esters is 1. The number of nitrogens with zero attached hydrogens (tertiary/aromatic N) is 1. The first kappa shape index (κ1) is 20.5. The molecular formula is C16H20BrNO7S. The Morgan fingerprint density at radius 3 is 2.62 bits per heavy atom. The molecule has 1 heterocycles. The molecule has 0 aromatic heterocycles. The number of benzene rings is 1. The maximum absolute atomic E-state index is 12.3. The van der Waals surface area contributed by atoms with Gasteiger partial charge in [0.25, 0.3) is 5.91 Å². The number of aromatic hydroxyl groups is 1. The van der Waals surface area contributed by atoms with Gasteiger partial charge in [-0.05, 0) is 41.4 Å². The van der Waals surface area contributed by atoms with E-state index < -0.39 is 28.3 Å². The fraction of sp³-hybridized carbons (Fsp3) is 0.500. The summed E-state index contributed by atoms with van der Waals surface area (Å²) in [6.45, 7) is 1.58. The quantitative estimate of drug-likeness (QED) is 0.652. The third-order valence-corrected chi connectivity index (χ3v) is 6.48. The first-order chi connectivity index (χ1) is 12.2. The van der Waals surface area contributed by atoms with Gasteiger partial charge in [0.2, 0.25) is 0 Å². The van der Waals surface area contributed by atoms with Crippen molar-refractivity contribution in [2.75, 3.05) is 31.8 Å². The summed E-state index contributed by atoms with van der Waals surface area (Å²) in [7, 11) is -1.78. The van der Waals surface area contributed by atoms with E-state index in [1.54, 1.807) is 6.92 Å². The lowest BCUT2D eigenvalue weighted by atomic mass is 10.2. The van der Waals surface area contributed by atoms with Gasteiger partial charge in [-0.25, -0.2) is 13.2 Å². The lowest BCUT2D eigenvalue weighted by Crippen LogP contribution is -2.43. The first-order valence-corrected chi connectivity index (χ1v) is 10.5. The Labute approximate surface area is 160 Å². The van der Waals surface area contributed by atoms with Crippen LogP contribution in [0.5, 0.6) is 11.5 Å². The van der Waals surface area contributed by atoms with E-state index in [0.29, 0.717) is 13.0 Å². The summed E-state index contributed by atoms with van der Waals surface area (Å²) in [5.41, 5.74) is 0.103. The summed E-state index contributed by atoms with van der Waals surface area (Å²) < 4.78 is 33.4. The molecule has 0 saturated carbocycles. The number of likely N-dealkylation sites (N-methyl/N-ethyl adjacent to an activating group) is 1. The van der Waals surface area contributed by atoms with Crippen LogP contribution in [0, 0.1) is 0 Å². The molecule has 10 heteroatoms. The van der Waals surface area contributed by atoms with Crippen molar-refractivity contribution in [2.24, 2.45) is 0 Å². The highest BCUT2D eigenvalue weighted by Crippen LogP contribution is 2.35. The van der Waals surface area contributed by atoms with E-state index in [-0.39, 0.29) is 39.1 Å². The third-order valence-electron chi connectivity index (χ3n) is 4.12. The predicted octanol–water partition coefficient (Wildman–Crippen LogP) is 1.36. The molecule has 1 atom stereocenters. The zero-order valence-corrected chi connectivity index (χ0v) is 16.8. The van der Waals surface area contributed by atoms with Crippen LogP contribution in [0.15, 0.2) is 16.6 Å². The molecule has 2 rings (SSSR count). The topological polar surface area (TPSA) is 110 Å². The first-order valence-electron chi connectivity index (χ1n) is 7.92. The number of methoxy groups -OCH3 is 1. The van der Waals surface area contributed by atoms with Crippen molar-refractivity contribution in [1.29, 1.82) is 0 Å². The molecule has 0 bridgehead atoms. The van der Waals surface area contributed by atoms with Gasteiger partial charge in [-0.1, -0.05) is 0 Å². The highest BCUT2D eigenvalue weighted by Gasteiger charge is 2.34. The number of phenolic OH excluding ortho intramolecular Hbond substituents is 1. The minimum absolute atomic E-state index is 0.0581. The van der Waals surface area contributed by atoms with E-state index in [4.69, 9.17) is 9.47 Å². The number of ether oxygens (including phenoxy) is 2. The van der Waals surface area contributed by atoms with Gasteiger partial charge in [0, 0.05) is 12.6 Å². The molecule has 0 aliphatic carbocycles. The summed E-state index contributed by atoms with van der Waals surface area (Å²) in [5, 5.41) is 9.76. The maximum atomic E-state index is 12.3. The third kappa shape index (κ3) is 4.67. The fourth-order valence-electron chi connectivity index (χ4n) is 2.80. The Morgan fingerprint density at radius 1 is 1.38 bits per heavy atom. The van der Waals surface area contributed by atoms with Crippen molar-refractivity contribution >= 4 is 37.6 Å². The summed E-state index contributed by atoms with van der Waals surface area (Å²) >= 11 is 3.11. The maximum Gasteiger partial charge on any atom is 0.338 e. The second-order valence-electron chi connectivity index (χ2n) is 5.82. The zero-order valence-electron chi connectivity index (χ0n) is 14.4. The molecule has 1 fully saturated rings. The van der Waals surface area contributed by atoms with Crippen LogP contribution in [-0.4, -0.2) is 68.1 Å². The molecule has 1 aliphatic heterocycles. The minimum Gasteiger partial charge on any atom is -0.503 e. The van der Waals surface area contributed by atoms with Crippen molar-refractivity contribution in [2.45, 2.75) is 19.4 Å². The van der Waals surface area contributed by atoms with Crippen LogP contribution >= 0.6 is 15.9 Å². The summed E-state index contributed by atoms with van der Waals surface area (Å²) in [6.07, 6.45) is 0.387. The monoisotopic (exact) mass is 449 g/mol. The molecule has 1 amide bonds. The Bertz CT molecular complexity index is 809. The predicted molar refractivity (Wildman–Crippen MR) is 97.1 cm³/mol. The zero-order chi connectivity index (χ0) is 19.5. The number of sulfone groups is 1. The number of amides is 1. The van der Waals surface area contributed by atoms with Gasteiger partial charge in [-0.2, -0.15) is 0 Å². The average molecular weight is 450 g/mol. The van der Waals surface area contributed by atoms with Crippen LogP contribution in [0.25, 0.3) is 0 Å². The van der Waals surface area contributed by atoms with Crippen molar-refractivity contribution in [1.82, 2.24) is 4.90 Å². The number of carbonyl (C=O) groups excluding carboxylic acids is 2. The molecule has 0 spiro atoms. The second-order valence-corrected chi connectivity index (χ2v) is 8.90. The van der Waals surface area contributed by atoms with Crippen molar-refractivity contribution in [3.63, 3.8) is 0 Å². The molecule has 144 valence electrons. The Kier molecular flexibility index (Phi) is 6.51. The van der Waals surface area contributed by atoms with Crippen molar-refractivity contribution in [3.05, 3.63) is 22.2 Å². The standard InChI is InChI=1S/C16H20BrNO7S/c1-3-18(11-4-5-26(22,23)9-11)14(19)8-25-16(21)10-6-12(17)15(20)13(7-10)24-2/h6-7,11,20H,3-5,8-9H2,1-2H3. The van der Waals surface area contributed by atoms with Crippen molar-refractivity contribution in [3.8, 4) is 11.5 Å². The summed E-state index contributed by atoms with van der Waals surface area (Å²) in [4.78, 5) is 25.9. The van der Waals surface area contributed by atoms with Crippen LogP contribution < -0.4 is 4.74 Å². The van der Waals surface area contributed by atoms with Gasteiger partial charge in [0.05, 0.1) is 28.7 Å². The summed E-state index contributed by atoms with van der Waals surface area (Å²) in [6, 6.07) is 2.26. The van der Waals surface area contributed by atoms with Crippen LogP contribution in [0.3, 0.4) is 0 Å². The molecular weight excluding hydrogens is 430 g/mol. The van der Waals surface area contributed by atoms with Gasteiger partial charge >= 0.3 is 5.97 Å². The number of hydrogen-bond donors (Lipinski definition) is 1. The van der Waals surface area contributed by atoms with E-state index in [9.17, 15) is 23.1 Å². The van der Waals surface area contributed by atoms with Crippen LogP contribution in [-0.2, 0) is 19.4 Å². The van der Waals surface area contributed by atoms with Gasteiger partial charge in [0.1, 0.15) is 0 Å². The molecule has 26 heavy (non-hydrogen) atoms. The van der Waals surface area contributed by atoms with Crippen LogP contribution in [0.4, 0.5) is 0 Å². The van der Waals surface area contributed by atoms with E-state index >= 15 is 0 Å². The molecule has 1 unspecified atom stereocenters. The van der Waals surface area contributed by atoms with Gasteiger partial charge in [-0.3, -0.25) is 4.79 Å². The molecule has 1 aromatic carbocycles. The average Bonchev–Trinajstić information content (AvgIpc) is 2.95. The fourth-order valence-corrected chi connectivity index (χ4v) is 4.97. The van der Waals surface area contributed by atoms with E-state index in [0.717, 1.165) is 0 Å². The highest BCUT2D eigenvalue weighted by molar-refractivity contribution is 9.10. The van der Waals surface area contributed by atoms with Crippen LogP contribution in [0.2, 0.25) is 0 Å². The second kappa shape index (κ2) is 8.26. The van der Waals surface area contributed by atoms with Gasteiger partial charge in [0.15, 0.2) is 27.9 Å². The van der Waals surface area contributed by atoms with E-state index in [1.807, 2.05) is 0 Å². The van der Waals surface area contributed by atoms with Crippen LogP contribution in [0.1, 0.15) is 23.7 Å². The Hall–Kier alpha value is -1.81. The van der Waals surface area contributed by atoms with E-state index in [2.05, 4.69) is 15.9 Å². The molecule has 0 radical (unpaired) electrons. The van der Waals surface area contributed by atoms with Gasteiger partial charge in [-0.15, -0.1) is 0 Å². The molecule has 1 aromatic rings. The SMILES string of the molecule is CCN(C(=O)COC(=O)c1cc(Br)c(O)c(OC)c1)C1CCS(=O)(=O)C1. The molecule has 8 nitrogen and oxygen atoms in total. The molecule has 1 saturated heterocycles. The van der Waals surface area contributed by atoms with Crippen molar-refractivity contribution < 1.29 is 32.6 Å². The number of rotatable bonds is 6. The van der Waals surface area contributed by atoms with Gasteiger partial charge < -0.3 is 19.5 Å². The summed E-state index contributed by atoms with van der Waals surface area (Å²) in [5.74, 6) is -1.28. The van der Waals surface area contributed by atoms with E-state index in [1.165, 1.54) is 24.1 Å². The highest BCUT2D eigenvalue weighted by atomic mass is 79.9. The minimum atomic E-state index is -3.12. The molecule has 1 aliphatic rings. The number of carbonyl (C=O) groups is 2. The Balaban J connectivity index is 2.02. The Morgan fingerprint density at radius 2 is 2.08 bits per heavy atom. The number of hydrogen-bond acceptors (Lipinski definition) is 7. The smallest absolute Gasteiger partial charge is 0.338 e. The number of phenols is 1. The number of halogens is 1. The largest absolute Gasteiger partial charge is 0.503 e. The lowest BCUT2D eigenvalue weighted by molar-refractivity contribution is -0.136.